The van der Waals surface area contributed by atoms with Crippen LogP contribution in [0.2, 0.25) is 10.0 Å². The van der Waals surface area contributed by atoms with E-state index in [1.807, 2.05) is 64.1 Å². The third kappa shape index (κ3) is 3.76. The number of hydrogen-bond donors (Lipinski definition) is 0. The Morgan fingerprint density at radius 1 is 0.727 bits per heavy atom. The van der Waals surface area contributed by atoms with Crippen molar-refractivity contribution in [2.75, 3.05) is 0 Å². The second-order valence-electron chi connectivity index (χ2n) is 5.16. The first-order chi connectivity index (χ1) is 10.4. The highest BCUT2D eigenvalue weighted by Gasteiger charge is 2.05. The van der Waals surface area contributed by atoms with Crippen molar-refractivity contribution >= 4 is 46.0 Å². The van der Waals surface area contributed by atoms with Gasteiger partial charge in [-0.3, -0.25) is 9.98 Å². The van der Waals surface area contributed by atoms with Crippen LogP contribution in [0, 0.1) is 13.8 Å². The molecule has 0 heterocycles. The van der Waals surface area contributed by atoms with E-state index in [-0.39, 0.29) is 0 Å². The summed E-state index contributed by atoms with van der Waals surface area (Å²) >= 11 is 12.3. The van der Waals surface area contributed by atoms with E-state index in [0.29, 0.717) is 10.0 Å². The number of rotatable bonds is 3. The van der Waals surface area contributed by atoms with Crippen LogP contribution in [0.4, 0.5) is 11.4 Å². The van der Waals surface area contributed by atoms with Gasteiger partial charge in [0.05, 0.1) is 22.8 Å². The van der Waals surface area contributed by atoms with E-state index < -0.39 is 0 Å². The van der Waals surface area contributed by atoms with Crippen molar-refractivity contribution in [2.24, 2.45) is 9.98 Å². The van der Waals surface area contributed by atoms with E-state index in [4.69, 9.17) is 23.2 Å². The Balaban J connectivity index is 2.38. The fourth-order valence-electron chi connectivity index (χ4n) is 1.96. The summed E-state index contributed by atoms with van der Waals surface area (Å²) in [6, 6.07) is 11.4. The quantitative estimate of drug-likeness (QED) is 0.573. The van der Waals surface area contributed by atoms with E-state index in [2.05, 4.69) is 9.98 Å². The molecule has 0 saturated heterocycles. The second-order valence-corrected chi connectivity index (χ2v) is 5.98. The van der Waals surface area contributed by atoms with Gasteiger partial charge in [0.25, 0.3) is 0 Å². The SMILES string of the molecule is CC(=N/c1cccc(Cl)c1C)/C(C)=N\c1cccc(Cl)c1C. The van der Waals surface area contributed by atoms with Crippen molar-refractivity contribution in [2.45, 2.75) is 27.7 Å². The van der Waals surface area contributed by atoms with Crippen LogP contribution in [0.3, 0.4) is 0 Å². The molecule has 0 aliphatic heterocycles. The van der Waals surface area contributed by atoms with Gasteiger partial charge in [0.2, 0.25) is 0 Å². The summed E-state index contributed by atoms with van der Waals surface area (Å²) in [4.78, 5) is 9.27. The molecule has 0 aliphatic rings. The highest BCUT2D eigenvalue weighted by Crippen LogP contribution is 2.27. The zero-order valence-corrected chi connectivity index (χ0v) is 14.6. The number of halogens is 2. The fourth-order valence-corrected chi connectivity index (χ4v) is 2.30. The summed E-state index contributed by atoms with van der Waals surface area (Å²) in [6.07, 6.45) is 0. The van der Waals surface area contributed by atoms with Gasteiger partial charge in [0.1, 0.15) is 0 Å². The van der Waals surface area contributed by atoms with Crippen molar-refractivity contribution in [3.63, 3.8) is 0 Å². The molecule has 4 heteroatoms. The Hall–Kier alpha value is -1.64. The van der Waals surface area contributed by atoms with Crippen LogP contribution in [-0.4, -0.2) is 11.4 Å². The molecule has 2 nitrogen and oxygen atoms in total. The maximum absolute atomic E-state index is 6.13. The minimum absolute atomic E-state index is 0.717. The molecule has 0 aliphatic carbocycles. The zero-order valence-electron chi connectivity index (χ0n) is 13.1. The number of benzene rings is 2. The minimum Gasteiger partial charge on any atom is -0.252 e. The van der Waals surface area contributed by atoms with Crippen molar-refractivity contribution < 1.29 is 0 Å². The van der Waals surface area contributed by atoms with Crippen LogP contribution in [0.15, 0.2) is 46.4 Å². The van der Waals surface area contributed by atoms with Gasteiger partial charge in [-0.15, -0.1) is 0 Å². The first-order valence-corrected chi connectivity index (χ1v) is 7.77. The molecule has 0 unspecified atom stereocenters. The molecule has 22 heavy (non-hydrogen) atoms. The molecular formula is C18H18Cl2N2. The third-order valence-electron chi connectivity index (χ3n) is 3.58. The van der Waals surface area contributed by atoms with Crippen LogP contribution in [-0.2, 0) is 0 Å². The first kappa shape index (κ1) is 16.7. The van der Waals surface area contributed by atoms with E-state index in [0.717, 1.165) is 33.9 Å². The summed E-state index contributed by atoms with van der Waals surface area (Å²) in [7, 11) is 0. The van der Waals surface area contributed by atoms with Crippen molar-refractivity contribution in [3.8, 4) is 0 Å². The van der Waals surface area contributed by atoms with E-state index in [1.165, 1.54) is 0 Å². The average Bonchev–Trinajstić information content (AvgIpc) is 2.48. The molecule has 2 rings (SSSR count). The largest absolute Gasteiger partial charge is 0.252 e. The van der Waals surface area contributed by atoms with Gasteiger partial charge < -0.3 is 0 Å². The van der Waals surface area contributed by atoms with Crippen LogP contribution >= 0.6 is 23.2 Å². The summed E-state index contributed by atoms with van der Waals surface area (Å²) in [5.74, 6) is 0. The average molecular weight is 333 g/mol. The molecule has 0 spiro atoms. The summed E-state index contributed by atoms with van der Waals surface area (Å²) < 4.78 is 0. The van der Waals surface area contributed by atoms with Crippen LogP contribution < -0.4 is 0 Å². The molecule has 2 aromatic carbocycles. The molecule has 0 radical (unpaired) electrons. The molecule has 0 amide bonds. The van der Waals surface area contributed by atoms with E-state index in [1.54, 1.807) is 0 Å². The third-order valence-corrected chi connectivity index (χ3v) is 4.40. The van der Waals surface area contributed by atoms with Gasteiger partial charge in [-0.1, -0.05) is 35.3 Å². The van der Waals surface area contributed by atoms with Gasteiger partial charge in [-0.05, 0) is 63.1 Å². The molecule has 0 aromatic heterocycles. The predicted molar refractivity (Wildman–Crippen MR) is 97.9 cm³/mol. The fraction of sp³-hybridized carbons (Fsp3) is 0.222. The molecule has 0 fully saturated rings. The van der Waals surface area contributed by atoms with Crippen LogP contribution in [0.5, 0.6) is 0 Å². The molecule has 2 aromatic rings. The van der Waals surface area contributed by atoms with Crippen molar-refractivity contribution in [3.05, 3.63) is 57.6 Å². The smallest absolute Gasteiger partial charge is 0.0677 e. The molecule has 114 valence electrons. The zero-order chi connectivity index (χ0) is 16.3. The second kappa shape index (κ2) is 7.08. The van der Waals surface area contributed by atoms with E-state index >= 15 is 0 Å². The lowest BCUT2D eigenvalue weighted by atomic mass is 10.2. The summed E-state index contributed by atoms with van der Waals surface area (Å²) in [5, 5.41) is 1.43. The molecule has 0 bridgehead atoms. The van der Waals surface area contributed by atoms with Crippen molar-refractivity contribution in [1.29, 1.82) is 0 Å². The highest BCUT2D eigenvalue weighted by atomic mass is 35.5. The van der Waals surface area contributed by atoms with Crippen molar-refractivity contribution in [1.82, 2.24) is 0 Å². The Morgan fingerprint density at radius 2 is 1.09 bits per heavy atom. The predicted octanol–water partition coefficient (Wildman–Crippen LogP) is 6.50. The number of nitrogens with zero attached hydrogens (tertiary/aromatic N) is 2. The normalized spacial score (nSPS) is 12.6. The van der Waals surface area contributed by atoms with E-state index in [9.17, 15) is 0 Å². The Morgan fingerprint density at radius 3 is 1.45 bits per heavy atom. The summed E-state index contributed by atoms with van der Waals surface area (Å²) in [5.41, 5.74) is 5.37. The van der Waals surface area contributed by atoms with Gasteiger partial charge in [-0.25, -0.2) is 0 Å². The lowest BCUT2D eigenvalue weighted by molar-refractivity contribution is 1.38. The Bertz CT molecular complexity index is 696. The molecule has 0 atom stereocenters. The monoisotopic (exact) mass is 332 g/mol. The Labute approximate surface area is 141 Å². The molecule has 0 N–H and O–H groups in total. The molecular weight excluding hydrogens is 315 g/mol. The van der Waals surface area contributed by atoms with Crippen LogP contribution in [0.25, 0.3) is 0 Å². The number of hydrogen-bond acceptors (Lipinski definition) is 2. The maximum atomic E-state index is 6.13. The standard InChI is InChI=1S/C18H18Cl2N2/c1-11-15(19)7-5-9-17(11)21-13(3)14(4)22-18-10-6-8-16(20)12(18)2/h5-10H,1-4H3/b21-13-,22-14-. The first-order valence-electron chi connectivity index (χ1n) is 7.01. The van der Waals surface area contributed by atoms with Crippen LogP contribution in [0.1, 0.15) is 25.0 Å². The van der Waals surface area contributed by atoms with Gasteiger partial charge in [0.15, 0.2) is 0 Å². The Kier molecular flexibility index (Phi) is 5.38. The maximum Gasteiger partial charge on any atom is 0.0677 e. The summed E-state index contributed by atoms with van der Waals surface area (Å²) in [6.45, 7) is 7.81. The molecule has 0 saturated carbocycles. The minimum atomic E-state index is 0.717. The van der Waals surface area contributed by atoms with Gasteiger partial charge >= 0.3 is 0 Å². The van der Waals surface area contributed by atoms with Gasteiger partial charge in [0, 0.05) is 10.0 Å². The van der Waals surface area contributed by atoms with Gasteiger partial charge in [-0.2, -0.15) is 0 Å². The topological polar surface area (TPSA) is 24.7 Å². The number of aliphatic imine (C=N–C) groups is 2. The lowest BCUT2D eigenvalue weighted by Crippen LogP contribution is -2.05. The highest BCUT2D eigenvalue weighted by molar-refractivity contribution is 6.41. The lowest BCUT2D eigenvalue weighted by Gasteiger charge is -2.07.